The summed E-state index contributed by atoms with van der Waals surface area (Å²) in [6.45, 7) is 4.70. The maximum atomic E-state index is 5.27. The topological polar surface area (TPSA) is 30.7 Å². The van der Waals surface area contributed by atoms with E-state index in [0.717, 1.165) is 52.3 Å². The first-order valence-corrected chi connectivity index (χ1v) is 15.5. The van der Waals surface area contributed by atoms with Crippen molar-refractivity contribution in [3.8, 4) is 28.2 Å². The molecule has 2 aliphatic carbocycles. The van der Waals surface area contributed by atoms with E-state index in [-0.39, 0.29) is 5.41 Å². The summed E-state index contributed by atoms with van der Waals surface area (Å²) in [6, 6.07) is 39.7. The molecule has 9 rings (SSSR count). The summed E-state index contributed by atoms with van der Waals surface area (Å²) < 4.78 is 2.35. The molecule has 0 saturated carbocycles. The Labute approximate surface area is 256 Å². The largest absolute Gasteiger partial charge is 0.294 e. The van der Waals surface area contributed by atoms with Crippen molar-refractivity contribution in [2.24, 2.45) is 0 Å². The molecule has 2 heterocycles. The van der Waals surface area contributed by atoms with E-state index >= 15 is 0 Å². The minimum atomic E-state index is -0.0465. The first kappa shape index (κ1) is 25.2. The van der Waals surface area contributed by atoms with Gasteiger partial charge in [-0.05, 0) is 64.1 Å². The van der Waals surface area contributed by atoms with E-state index in [1.54, 1.807) is 0 Å². The summed E-state index contributed by atoms with van der Waals surface area (Å²) in [5.41, 5.74) is 10.8. The average Bonchev–Trinajstić information content (AvgIpc) is 3.52. The van der Waals surface area contributed by atoms with Gasteiger partial charge >= 0.3 is 0 Å². The number of hydrogen-bond donors (Lipinski definition) is 0. The lowest BCUT2D eigenvalue weighted by molar-refractivity contribution is 0.661. The van der Waals surface area contributed by atoms with Crippen LogP contribution in [0.4, 0.5) is 0 Å². The first-order valence-electron chi connectivity index (χ1n) is 15.5. The van der Waals surface area contributed by atoms with Gasteiger partial charge in [-0.2, -0.15) is 0 Å². The highest BCUT2D eigenvalue weighted by Crippen LogP contribution is 2.52. The highest BCUT2D eigenvalue weighted by Gasteiger charge is 2.36. The average molecular weight is 566 g/mol. The molecule has 0 saturated heterocycles. The van der Waals surface area contributed by atoms with Gasteiger partial charge in [0.05, 0.1) is 16.7 Å². The van der Waals surface area contributed by atoms with Gasteiger partial charge in [0.15, 0.2) is 5.82 Å². The highest BCUT2D eigenvalue weighted by atomic mass is 15.1. The van der Waals surface area contributed by atoms with Gasteiger partial charge < -0.3 is 0 Å². The lowest BCUT2D eigenvalue weighted by atomic mass is 9.82. The van der Waals surface area contributed by atoms with Crippen molar-refractivity contribution in [3.05, 3.63) is 144 Å². The summed E-state index contributed by atoms with van der Waals surface area (Å²) in [4.78, 5) is 10.4. The second kappa shape index (κ2) is 9.36. The van der Waals surface area contributed by atoms with Gasteiger partial charge in [-0.15, -0.1) is 0 Å². The Morgan fingerprint density at radius 2 is 1.48 bits per heavy atom. The molecule has 2 aliphatic rings. The van der Waals surface area contributed by atoms with Gasteiger partial charge in [0, 0.05) is 33.4 Å². The van der Waals surface area contributed by atoms with Crippen molar-refractivity contribution >= 4 is 38.2 Å². The second-order valence-corrected chi connectivity index (χ2v) is 12.5. The second-order valence-electron chi connectivity index (χ2n) is 12.5. The third-order valence-corrected chi connectivity index (χ3v) is 9.62. The van der Waals surface area contributed by atoms with E-state index < -0.39 is 0 Å². The van der Waals surface area contributed by atoms with Crippen LogP contribution in [0.5, 0.6) is 0 Å². The number of nitrogens with zero attached hydrogens (tertiary/aromatic N) is 3. The molecule has 0 unspecified atom stereocenters. The summed E-state index contributed by atoms with van der Waals surface area (Å²) in [5.74, 6) is 1.65. The van der Waals surface area contributed by atoms with Crippen molar-refractivity contribution in [1.82, 2.24) is 14.5 Å². The van der Waals surface area contributed by atoms with E-state index in [9.17, 15) is 0 Å². The first-order chi connectivity index (χ1) is 21.6. The lowest BCUT2D eigenvalue weighted by Crippen LogP contribution is -2.14. The molecule has 0 aliphatic heterocycles. The molecule has 44 heavy (non-hydrogen) atoms. The molecule has 0 amide bonds. The highest BCUT2D eigenvalue weighted by molar-refractivity contribution is 6.16. The van der Waals surface area contributed by atoms with E-state index in [2.05, 4.69) is 146 Å². The van der Waals surface area contributed by atoms with E-state index in [1.807, 2.05) is 0 Å². The quantitative estimate of drug-likeness (QED) is 0.213. The zero-order valence-electron chi connectivity index (χ0n) is 24.9. The van der Waals surface area contributed by atoms with E-state index in [1.165, 1.54) is 43.8 Å². The fourth-order valence-corrected chi connectivity index (χ4v) is 7.45. The fourth-order valence-electron chi connectivity index (χ4n) is 7.45. The minimum absolute atomic E-state index is 0.0465. The van der Waals surface area contributed by atoms with E-state index in [4.69, 9.17) is 9.97 Å². The van der Waals surface area contributed by atoms with Crippen LogP contribution in [-0.2, 0) is 5.41 Å². The van der Waals surface area contributed by atoms with Crippen LogP contribution in [0.1, 0.15) is 43.6 Å². The number of allylic oxidation sites excluding steroid dienone is 4. The SMILES string of the molecule is CC1(C)c2ccccc2-c2c1ccc1cc3c4ccccc4n(-c4cc(-c5ccccc5)nc(C5=CCCC=C5)n4)c3cc21. The molecule has 2 aromatic heterocycles. The van der Waals surface area contributed by atoms with Gasteiger partial charge in [-0.25, -0.2) is 9.97 Å². The molecule has 0 atom stereocenters. The number of fused-ring (bicyclic) bond motifs is 8. The Balaban J connectivity index is 1.38. The van der Waals surface area contributed by atoms with Crippen molar-refractivity contribution in [1.29, 1.82) is 0 Å². The smallest absolute Gasteiger partial charge is 0.161 e. The molecule has 0 spiro atoms. The Kier molecular flexibility index (Phi) is 5.37. The molecule has 0 fully saturated rings. The Morgan fingerprint density at radius 3 is 2.34 bits per heavy atom. The minimum Gasteiger partial charge on any atom is -0.294 e. The molecular weight excluding hydrogens is 534 g/mol. The van der Waals surface area contributed by atoms with Crippen LogP contribution in [0.25, 0.3) is 66.4 Å². The maximum absolute atomic E-state index is 5.27. The number of hydrogen-bond acceptors (Lipinski definition) is 2. The van der Waals surface area contributed by atoms with Crippen LogP contribution in [0, 0.1) is 0 Å². The Morgan fingerprint density at radius 1 is 0.659 bits per heavy atom. The normalized spacial score (nSPS) is 15.1. The molecule has 7 aromatic rings. The summed E-state index contributed by atoms with van der Waals surface area (Å²) in [6.07, 6.45) is 8.71. The third-order valence-electron chi connectivity index (χ3n) is 9.62. The molecule has 0 radical (unpaired) electrons. The van der Waals surface area contributed by atoms with Crippen LogP contribution in [0.3, 0.4) is 0 Å². The summed E-state index contributed by atoms with van der Waals surface area (Å²) >= 11 is 0. The molecule has 3 nitrogen and oxygen atoms in total. The predicted octanol–water partition coefficient (Wildman–Crippen LogP) is 10.4. The Bertz CT molecular complexity index is 2350. The van der Waals surface area contributed by atoms with Gasteiger partial charge in [0.2, 0.25) is 0 Å². The molecule has 0 bridgehead atoms. The predicted molar refractivity (Wildman–Crippen MR) is 183 cm³/mol. The van der Waals surface area contributed by atoms with Crippen molar-refractivity contribution in [2.75, 3.05) is 0 Å². The monoisotopic (exact) mass is 565 g/mol. The van der Waals surface area contributed by atoms with Crippen molar-refractivity contribution in [2.45, 2.75) is 32.1 Å². The zero-order valence-corrected chi connectivity index (χ0v) is 24.9. The van der Waals surface area contributed by atoms with Gasteiger partial charge in [-0.3, -0.25) is 4.57 Å². The summed E-state index contributed by atoms with van der Waals surface area (Å²) in [7, 11) is 0. The van der Waals surface area contributed by atoms with Gasteiger partial charge in [-0.1, -0.05) is 117 Å². The van der Waals surface area contributed by atoms with Crippen molar-refractivity contribution in [3.63, 3.8) is 0 Å². The number of benzene rings is 5. The molecule has 3 heteroatoms. The van der Waals surface area contributed by atoms with Crippen LogP contribution in [0.2, 0.25) is 0 Å². The van der Waals surface area contributed by atoms with Crippen molar-refractivity contribution < 1.29 is 0 Å². The van der Waals surface area contributed by atoms with Crippen LogP contribution in [-0.4, -0.2) is 14.5 Å². The van der Waals surface area contributed by atoms with Gasteiger partial charge in [0.25, 0.3) is 0 Å². The van der Waals surface area contributed by atoms with Crippen LogP contribution < -0.4 is 0 Å². The molecule has 210 valence electrons. The molecule has 5 aromatic carbocycles. The zero-order chi connectivity index (χ0) is 29.4. The van der Waals surface area contributed by atoms with Crippen LogP contribution >= 0.6 is 0 Å². The van der Waals surface area contributed by atoms with Crippen LogP contribution in [0.15, 0.2) is 127 Å². The fraction of sp³-hybridized carbons (Fsp3) is 0.122. The molecular formula is C41H31N3. The van der Waals surface area contributed by atoms with Gasteiger partial charge in [0.1, 0.15) is 5.82 Å². The number of aromatic nitrogens is 3. The standard InChI is InChI=1S/C41H31N3/c1-41(2)33-19-11-9-18-30(33)39-31-24-37-32(23-28(31)21-22-34(39)41)29-17-10-12-20-36(29)44(37)38-25-35(26-13-5-3-6-14-26)42-40(43-38)27-15-7-4-8-16-27/h3,5-7,9-25H,4,8H2,1-2H3. The number of para-hydroxylation sites is 1. The summed E-state index contributed by atoms with van der Waals surface area (Å²) in [5, 5.41) is 5.01. The number of rotatable bonds is 3. The Hall–Kier alpha value is -5.28. The van der Waals surface area contributed by atoms with E-state index in [0.29, 0.717) is 0 Å². The maximum Gasteiger partial charge on any atom is 0.161 e. The molecule has 0 N–H and O–H groups in total. The third kappa shape index (κ3) is 3.62. The lowest BCUT2D eigenvalue weighted by Gasteiger charge is -2.21.